The third kappa shape index (κ3) is 3.61. The number of halogens is 1. The Bertz CT molecular complexity index is 161. The average Bonchev–Trinajstić information content (AvgIpc) is 2.02. The summed E-state index contributed by atoms with van der Waals surface area (Å²) in [6, 6.07) is 0. The van der Waals surface area contributed by atoms with E-state index in [0.29, 0.717) is 12.0 Å². The molecule has 1 rings (SSSR count). The standard InChI is InChI=1S/C10H20FNO/c1-10(2)4-3-5-12(8-10)7-9(13)6-11/h9,13H,3-8H2,1-2H3. The minimum Gasteiger partial charge on any atom is -0.389 e. The van der Waals surface area contributed by atoms with Crippen LogP contribution in [0.5, 0.6) is 0 Å². The zero-order chi connectivity index (χ0) is 9.90. The molecule has 1 atom stereocenters. The fraction of sp³-hybridized carbons (Fsp3) is 1.00. The van der Waals surface area contributed by atoms with E-state index in [4.69, 9.17) is 5.11 Å². The van der Waals surface area contributed by atoms with Crippen LogP contribution in [0.15, 0.2) is 0 Å². The third-order valence-electron chi connectivity index (χ3n) is 2.63. The van der Waals surface area contributed by atoms with E-state index < -0.39 is 12.8 Å². The van der Waals surface area contributed by atoms with Crippen molar-refractivity contribution < 1.29 is 9.50 Å². The molecule has 0 spiro atoms. The van der Waals surface area contributed by atoms with Crippen molar-refractivity contribution in [2.75, 3.05) is 26.3 Å². The van der Waals surface area contributed by atoms with E-state index in [1.54, 1.807) is 0 Å². The molecule has 3 heteroatoms. The normalized spacial score (nSPS) is 25.8. The highest BCUT2D eigenvalue weighted by Gasteiger charge is 2.27. The van der Waals surface area contributed by atoms with E-state index in [1.807, 2.05) is 0 Å². The molecule has 78 valence electrons. The van der Waals surface area contributed by atoms with Gasteiger partial charge in [0.2, 0.25) is 0 Å². The Morgan fingerprint density at radius 3 is 2.77 bits per heavy atom. The van der Waals surface area contributed by atoms with Gasteiger partial charge in [0.15, 0.2) is 0 Å². The molecule has 0 aliphatic carbocycles. The minimum absolute atomic E-state index is 0.328. The van der Waals surface area contributed by atoms with Crippen molar-refractivity contribution in [2.45, 2.75) is 32.8 Å². The molecule has 13 heavy (non-hydrogen) atoms. The molecule has 0 radical (unpaired) electrons. The predicted octanol–water partition coefficient (Wildman–Crippen LogP) is 1.44. The summed E-state index contributed by atoms with van der Waals surface area (Å²) in [5.74, 6) is 0. The number of alkyl halides is 1. The van der Waals surface area contributed by atoms with Gasteiger partial charge >= 0.3 is 0 Å². The summed E-state index contributed by atoms with van der Waals surface area (Å²) < 4.78 is 12.1. The molecule has 0 aromatic carbocycles. The van der Waals surface area contributed by atoms with E-state index in [-0.39, 0.29) is 0 Å². The van der Waals surface area contributed by atoms with Gasteiger partial charge in [0.05, 0.1) is 6.10 Å². The molecule has 1 heterocycles. The second-order valence-electron chi connectivity index (χ2n) is 4.81. The average molecular weight is 189 g/mol. The number of hydrogen-bond acceptors (Lipinski definition) is 2. The summed E-state index contributed by atoms with van der Waals surface area (Å²) in [5, 5.41) is 9.16. The van der Waals surface area contributed by atoms with Gasteiger partial charge in [-0.25, -0.2) is 4.39 Å². The maximum absolute atomic E-state index is 12.1. The monoisotopic (exact) mass is 189 g/mol. The van der Waals surface area contributed by atoms with Crippen molar-refractivity contribution in [1.29, 1.82) is 0 Å². The van der Waals surface area contributed by atoms with Gasteiger partial charge in [0.25, 0.3) is 0 Å². The second kappa shape index (κ2) is 4.38. The lowest BCUT2D eigenvalue weighted by Crippen LogP contribution is -2.44. The first-order valence-electron chi connectivity index (χ1n) is 5.00. The summed E-state index contributed by atoms with van der Waals surface area (Å²) >= 11 is 0. The van der Waals surface area contributed by atoms with Crippen LogP contribution in [0.2, 0.25) is 0 Å². The number of rotatable bonds is 3. The smallest absolute Gasteiger partial charge is 0.117 e. The van der Waals surface area contributed by atoms with Crippen molar-refractivity contribution in [3.05, 3.63) is 0 Å². The van der Waals surface area contributed by atoms with Gasteiger partial charge in [-0.15, -0.1) is 0 Å². The number of β-amino-alcohol motifs (C(OH)–C–C–N with tert-alkyl or cyclic N) is 1. The molecule has 1 aliphatic rings. The highest BCUT2D eigenvalue weighted by atomic mass is 19.1. The first-order chi connectivity index (χ1) is 6.03. The van der Waals surface area contributed by atoms with Crippen molar-refractivity contribution in [3.63, 3.8) is 0 Å². The molecule has 0 aromatic heterocycles. The Hall–Kier alpha value is -0.150. The molecule has 1 fully saturated rings. The number of aliphatic hydroxyl groups is 1. The van der Waals surface area contributed by atoms with E-state index in [0.717, 1.165) is 19.5 Å². The molecule has 0 amide bonds. The zero-order valence-electron chi connectivity index (χ0n) is 8.59. The van der Waals surface area contributed by atoms with Gasteiger partial charge in [-0.2, -0.15) is 0 Å². The molecular weight excluding hydrogens is 169 g/mol. The largest absolute Gasteiger partial charge is 0.389 e. The molecule has 1 aliphatic heterocycles. The van der Waals surface area contributed by atoms with Crippen LogP contribution in [0, 0.1) is 5.41 Å². The Labute approximate surface area is 79.7 Å². The van der Waals surface area contributed by atoms with Crippen LogP contribution in [-0.2, 0) is 0 Å². The maximum Gasteiger partial charge on any atom is 0.117 e. The second-order valence-corrected chi connectivity index (χ2v) is 4.81. The highest BCUT2D eigenvalue weighted by Crippen LogP contribution is 2.28. The first-order valence-corrected chi connectivity index (χ1v) is 5.00. The predicted molar refractivity (Wildman–Crippen MR) is 51.4 cm³/mol. The van der Waals surface area contributed by atoms with Crippen molar-refractivity contribution >= 4 is 0 Å². The highest BCUT2D eigenvalue weighted by molar-refractivity contribution is 4.80. The van der Waals surface area contributed by atoms with Gasteiger partial charge in [0.1, 0.15) is 6.67 Å². The Morgan fingerprint density at radius 1 is 1.54 bits per heavy atom. The number of nitrogens with zero attached hydrogens (tertiary/aromatic N) is 1. The molecular formula is C10H20FNO. The molecule has 1 N–H and O–H groups in total. The van der Waals surface area contributed by atoms with Gasteiger partial charge in [-0.05, 0) is 24.8 Å². The van der Waals surface area contributed by atoms with Crippen LogP contribution in [0.3, 0.4) is 0 Å². The van der Waals surface area contributed by atoms with E-state index in [2.05, 4.69) is 18.7 Å². The quantitative estimate of drug-likeness (QED) is 0.726. The van der Waals surface area contributed by atoms with E-state index >= 15 is 0 Å². The SMILES string of the molecule is CC1(C)CCCN(CC(O)CF)C1. The van der Waals surface area contributed by atoms with Crippen LogP contribution in [-0.4, -0.2) is 42.4 Å². The maximum atomic E-state index is 12.1. The van der Waals surface area contributed by atoms with Crippen LogP contribution in [0.4, 0.5) is 4.39 Å². The molecule has 2 nitrogen and oxygen atoms in total. The minimum atomic E-state index is -0.797. The van der Waals surface area contributed by atoms with E-state index in [1.165, 1.54) is 6.42 Å². The fourth-order valence-electron chi connectivity index (χ4n) is 2.05. The summed E-state index contributed by atoms with van der Waals surface area (Å²) in [6.07, 6.45) is 1.59. The van der Waals surface area contributed by atoms with Crippen LogP contribution < -0.4 is 0 Å². The molecule has 1 saturated heterocycles. The number of likely N-dealkylation sites (tertiary alicyclic amines) is 1. The Morgan fingerprint density at radius 2 is 2.23 bits per heavy atom. The Kier molecular flexibility index (Phi) is 3.68. The fourth-order valence-corrected chi connectivity index (χ4v) is 2.05. The molecule has 0 saturated carbocycles. The van der Waals surface area contributed by atoms with Gasteiger partial charge in [-0.3, -0.25) is 0 Å². The van der Waals surface area contributed by atoms with E-state index in [9.17, 15) is 4.39 Å². The lowest BCUT2D eigenvalue weighted by atomic mass is 9.84. The van der Waals surface area contributed by atoms with Crippen LogP contribution in [0.1, 0.15) is 26.7 Å². The van der Waals surface area contributed by atoms with Gasteiger partial charge in [-0.1, -0.05) is 13.8 Å². The zero-order valence-corrected chi connectivity index (χ0v) is 8.59. The van der Waals surface area contributed by atoms with Crippen LogP contribution in [0.25, 0.3) is 0 Å². The summed E-state index contributed by atoms with van der Waals surface area (Å²) in [6.45, 7) is 6.28. The lowest BCUT2D eigenvalue weighted by molar-refractivity contribution is 0.0487. The Balaban J connectivity index is 2.34. The van der Waals surface area contributed by atoms with Crippen molar-refractivity contribution in [2.24, 2.45) is 5.41 Å². The third-order valence-corrected chi connectivity index (χ3v) is 2.63. The van der Waals surface area contributed by atoms with Gasteiger partial charge < -0.3 is 10.0 Å². The summed E-state index contributed by atoms with van der Waals surface area (Å²) in [7, 11) is 0. The van der Waals surface area contributed by atoms with Crippen LogP contribution >= 0.6 is 0 Å². The lowest BCUT2D eigenvalue weighted by Gasteiger charge is -2.38. The van der Waals surface area contributed by atoms with Gasteiger partial charge in [0, 0.05) is 13.1 Å². The molecule has 0 bridgehead atoms. The summed E-state index contributed by atoms with van der Waals surface area (Å²) in [5.41, 5.74) is 0.328. The first kappa shape index (κ1) is 10.9. The topological polar surface area (TPSA) is 23.5 Å². The number of hydrogen-bond donors (Lipinski definition) is 1. The number of aliphatic hydroxyl groups excluding tert-OH is 1. The van der Waals surface area contributed by atoms with Crippen molar-refractivity contribution in [3.8, 4) is 0 Å². The van der Waals surface area contributed by atoms with Crippen molar-refractivity contribution in [1.82, 2.24) is 4.90 Å². The summed E-state index contributed by atoms with van der Waals surface area (Å²) in [4.78, 5) is 2.16. The molecule has 0 aromatic rings. The number of piperidine rings is 1. The molecule has 1 unspecified atom stereocenters.